The number of hydrogen-bond acceptors (Lipinski definition) is 5. The quantitative estimate of drug-likeness (QED) is 0.861. The van der Waals surface area contributed by atoms with Crippen molar-refractivity contribution >= 4 is 40.7 Å². The molecule has 1 N–H and O–H groups in total. The second-order valence-electron chi connectivity index (χ2n) is 6.20. The number of halogens is 2. The molecule has 0 bridgehead atoms. The fraction of sp³-hybridized carbons (Fsp3) is 0.389. The van der Waals surface area contributed by atoms with E-state index in [0.29, 0.717) is 32.9 Å². The lowest BCUT2D eigenvalue weighted by molar-refractivity contribution is 0.102. The normalized spacial score (nSPS) is 15.2. The lowest BCUT2D eigenvalue weighted by Crippen LogP contribution is -2.46. The van der Waals surface area contributed by atoms with E-state index in [2.05, 4.69) is 32.0 Å². The molecule has 1 amide bonds. The molecule has 0 atom stereocenters. The van der Waals surface area contributed by atoms with Gasteiger partial charge in [0, 0.05) is 48.1 Å². The number of carbonyl (C=O) groups excluding carboxylic acids is 1. The Morgan fingerprint density at radius 3 is 2.38 bits per heavy atom. The highest BCUT2D eigenvalue weighted by Gasteiger charge is 2.20. The Labute approximate surface area is 163 Å². The SMILES string of the molecule is CCN1CCN(c2ncc(C(=O)Nc3cc(Cl)cc(Cl)c3)c(C)n2)CC1. The van der Waals surface area contributed by atoms with Crippen LogP contribution in [0.15, 0.2) is 24.4 Å². The Hall–Kier alpha value is -1.89. The van der Waals surface area contributed by atoms with E-state index in [1.807, 2.05) is 6.92 Å². The number of nitrogens with one attached hydrogen (secondary N) is 1. The van der Waals surface area contributed by atoms with E-state index in [-0.39, 0.29) is 5.91 Å². The van der Waals surface area contributed by atoms with E-state index in [1.54, 1.807) is 24.4 Å². The molecule has 0 unspecified atom stereocenters. The predicted octanol–water partition coefficient (Wildman–Crippen LogP) is 3.49. The Balaban J connectivity index is 1.72. The third-order valence-electron chi connectivity index (χ3n) is 4.43. The maximum atomic E-state index is 12.5. The van der Waals surface area contributed by atoms with E-state index in [1.165, 1.54) is 0 Å². The summed E-state index contributed by atoms with van der Waals surface area (Å²) in [4.78, 5) is 26.0. The average molecular weight is 394 g/mol. The van der Waals surface area contributed by atoms with Crippen LogP contribution in [0.4, 0.5) is 11.6 Å². The van der Waals surface area contributed by atoms with Crippen molar-refractivity contribution in [1.29, 1.82) is 0 Å². The maximum Gasteiger partial charge on any atom is 0.259 e. The van der Waals surface area contributed by atoms with Gasteiger partial charge in [-0.15, -0.1) is 0 Å². The number of rotatable bonds is 4. The zero-order valence-corrected chi connectivity index (χ0v) is 16.3. The van der Waals surface area contributed by atoms with Gasteiger partial charge in [0.2, 0.25) is 5.95 Å². The number of piperazine rings is 1. The van der Waals surface area contributed by atoms with Crippen LogP contribution in [0.5, 0.6) is 0 Å². The second-order valence-corrected chi connectivity index (χ2v) is 7.08. The van der Waals surface area contributed by atoms with Crippen molar-refractivity contribution in [1.82, 2.24) is 14.9 Å². The minimum atomic E-state index is -0.289. The summed E-state index contributed by atoms with van der Waals surface area (Å²) >= 11 is 11.9. The number of anilines is 2. The van der Waals surface area contributed by atoms with Crippen molar-refractivity contribution in [3.05, 3.63) is 45.7 Å². The van der Waals surface area contributed by atoms with E-state index < -0.39 is 0 Å². The van der Waals surface area contributed by atoms with E-state index in [4.69, 9.17) is 23.2 Å². The zero-order chi connectivity index (χ0) is 18.7. The maximum absolute atomic E-state index is 12.5. The monoisotopic (exact) mass is 393 g/mol. The summed E-state index contributed by atoms with van der Waals surface area (Å²) in [5.41, 5.74) is 1.60. The van der Waals surface area contributed by atoms with Crippen LogP contribution in [0, 0.1) is 6.92 Å². The first-order valence-electron chi connectivity index (χ1n) is 8.54. The van der Waals surface area contributed by atoms with Crippen LogP contribution < -0.4 is 10.2 Å². The molecular weight excluding hydrogens is 373 g/mol. The molecule has 1 aromatic carbocycles. The average Bonchev–Trinajstić information content (AvgIpc) is 2.60. The van der Waals surface area contributed by atoms with Crippen molar-refractivity contribution in [3.63, 3.8) is 0 Å². The molecule has 6 nitrogen and oxygen atoms in total. The third kappa shape index (κ3) is 4.44. The van der Waals surface area contributed by atoms with Gasteiger partial charge in [0.25, 0.3) is 5.91 Å². The molecule has 1 aromatic heterocycles. The highest BCUT2D eigenvalue weighted by Crippen LogP contribution is 2.23. The van der Waals surface area contributed by atoms with Crippen LogP contribution in [-0.4, -0.2) is 53.5 Å². The van der Waals surface area contributed by atoms with E-state index in [0.717, 1.165) is 32.7 Å². The number of aromatic nitrogens is 2. The first-order chi connectivity index (χ1) is 12.5. The number of likely N-dealkylation sites (N-methyl/N-ethyl adjacent to an activating group) is 1. The summed E-state index contributed by atoms with van der Waals surface area (Å²) in [6.07, 6.45) is 1.57. The Kier molecular flexibility index (Phi) is 5.96. The van der Waals surface area contributed by atoms with Gasteiger partial charge in [-0.2, -0.15) is 0 Å². The van der Waals surface area contributed by atoms with Gasteiger partial charge in [0.15, 0.2) is 0 Å². The summed E-state index contributed by atoms with van der Waals surface area (Å²) in [6, 6.07) is 4.90. The van der Waals surface area contributed by atoms with Gasteiger partial charge >= 0.3 is 0 Å². The van der Waals surface area contributed by atoms with Crippen molar-refractivity contribution in [2.45, 2.75) is 13.8 Å². The van der Waals surface area contributed by atoms with Gasteiger partial charge in [0.1, 0.15) is 0 Å². The number of amides is 1. The summed E-state index contributed by atoms with van der Waals surface area (Å²) in [7, 11) is 0. The molecule has 138 valence electrons. The standard InChI is InChI=1S/C18H21Cl2N5O/c1-3-24-4-6-25(7-5-24)18-21-11-16(12(2)22-18)17(26)23-15-9-13(19)8-14(20)10-15/h8-11H,3-7H2,1-2H3,(H,23,26). The molecule has 1 fully saturated rings. The van der Waals surface area contributed by atoms with Crippen molar-refractivity contribution in [2.24, 2.45) is 0 Å². The largest absolute Gasteiger partial charge is 0.338 e. The first kappa shape index (κ1) is 18.9. The summed E-state index contributed by atoms with van der Waals surface area (Å²) in [6.45, 7) is 8.80. The molecule has 2 aromatic rings. The first-order valence-corrected chi connectivity index (χ1v) is 9.30. The Bertz CT molecular complexity index is 786. The molecule has 0 saturated carbocycles. The van der Waals surface area contributed by atoms with Crippen LogP contribution in [0.1, 0.15) is 23.0 Å². The smallest absolute Gasteiger partial charge is 0.259 e. The number of nitrogens with zero attached hydrogens (tertiary/aromatic N) is 4. The fourth-order valence-corrected chi connectivity index (χ4v) is 3.44. The molecule has 3 rings (SSSR count). The fourth-order valence-electron chi connectivity index (χ4n) is 2.92. The highest BCUT2D eigenvalue weighted by molar-refractivity contribution is 6.35. The number of carbonyl (C=O) groups is 1. The molecule has 8 heteroatoms. The minimum Gasteiger partial charge on any atom is -0.338 e. The van der Waals surface area contributed by atoms with Crippen molar-refractivity contribution in [2.75, 3.05) is 42.9 Å². The predicted molar refractivity (Wildman–Crippen MR) is 106 cm³/mol. The lowest BCUT2D eigenvalue weighted by Gasteiger charge is -2.34. The van der Waals surface area contributed by atoms with E-state index in [9.17, 15) is 4.79 Å². The highest BCUT2D eigenvalue weighted by atomic mass is 35.5. The summed E-state index contributed by atoms with van der Waals surface area (Å²) in [5, 5.41) is 3.71. The number of benzene rings is 1. The summed E-state index contributed by atoms with van der Waals surface area (Å²) in [5.74, 6) is 0.379. The topological polar surface area (TPSA) is 61.4 Å². The zero-order valence-electron chi connectivity index (χ0n) is 14.8. The number of aryl methyl sites for hydroxylation is 1. The van der Waals surface area contributed by atoms with Crippen molar-refractivity contribution < 1.29 is 4.79 Å². The molecule has 0 spiro atoms. The lowest BCUT2D eigenvalue weighted by atomic mass is 10.2. The van der Waals surface area contributed by atoms with Gasteiger partial charge in [-0.3, -0.25) is 4.79 Å². The van der Waals surface area contributed by atoms with Crippen molar-refractivity contribution in [3.8, 4) is 0 Å². The van der Waals surface area contributed by atoms with Crippen LogP contribution >= 0.6 is 23.2 Å². The van der Waals surface area contributed by atoms with Crippen LogP contribution in [-0.2, 0) is 0 Å². The number of hydrogen-bond donors (Lipinski definition) is 1. The Morgan fingerprint density at radius 2 is 1.81 bits per heavy atom. The third-order valence-corrected chi connectivity index (χ3v) is 4.87. The summed E-state index contributed by atoms with van der Waals surface area (Å²) < 4.78 is 0. The minimum absolute atomic E-state index is 0.289. The molecule has 2 heterocycles. The van der Waals surface area contributed by atoms with Gasteiger partial charge in [0.05, 0.1) is 11.3 Å². The molecule has 0 radical (unpaired) electrons. The van der Waals surface area contributed by atoms with Gasteiger partial charge in [-0.1, -0.05) is 30.1 Å². The van der Waals surface area contributed by atoms with Crippen LogP contribution in [0.25, 0.3) is 0 Å². The van der Waals surface area contributed by atoms with Crippen LogP contribution in [0.2, 0.25) is 10.0 Å². The van der Waals surface area contributed by atoms with Gasteiger partial charge in [-0.05, 0) is 31.7 Å². The molecular formula is C18H21Cl2N5O. The molecule has 0 aliphatic carbocycles. The molecule has 1 aliphatic rings. The van der Waals surface area contributed by atoms with Crippen LogP contribution in [0.3, 0.4) is 0 Å². The van der Waals surface area contributed by atoms with E-state index >= 15 is 0 Å². The second kappa shape index (κ2) is 8.20. The molecule has 1 aliphatic heterocycles. The Morgan fingerprint density at radius 1 is 1.15 bits per heavy atom. The van der Waals surface area contributed by atoms with Gasteiger partial charge in [-0.25, -0.2) is 9.97 Å². The molecule has 26 heavy (non-hydrogen) atoms. The van der Waals surface area contributed by atoms with Gasteiger partial charge < -0.3 is 15.1 Å². The molecule has 1 saturated heterocycles.